The fourth-order valence-electron chi connectivity index (χ4n) is 3.21. The van der Waals surface area contributed by atoms with Gasteiger partial charge in [-0.1, -0.05) is 80.4 Å². The average molecular weight is 437 g/mol. The lowest BCUT2D eigenvalue weighted by molar-refractivity contribution is -0.118. The van der Waals surface area contributed by atoms with Crippen molar-refractivity contribution in [1.82, 2.24) is 4.72 Å². The first-order valence-corrected chi connectivity index (χ1v) is 11.8. The molecule has 3 aromatic rings. The van der Waals surface area contributed by atoms with Crippen LogP contribution in [0.4, 0.5) is 5.69 Å². The van der Waals surface area contributed by atoms with E-state index in [0.717, 1.165) is 16.7 Å². The number of hydrogen-bond acceptors (Lipinski definition) is 3. The van der Waals surface area contributed by atoms with Crippen molar-refractivity contribution in [2.75, 3.05) is 5.32 Å². The number of benzene rings is 3. The van der Waals surface area contributed by atoms with E-state index in [9.17, 15) is 13.2 Å². The molecule has 0 aliphatic rings. The molecule has 0 saturated carbocycles. The maximum Gasteiger partial charge on any atom is 0.242 e. The van der Waals surface area contributed by atoms with Crippen LogP contribution in [0.1, 0.15) is 25.8 Å². The number of hydrogen-bond donors (Lipinski definition) is 2. The molecule has 0 unspecified atom stereocenters. The van der Waals surface area contributed by atoms with Crippen LogP contribution < -0.4 is 10.0 Å². The summed E-state index contributed by atoms with van der Waals surface area (Å²) in [5, 5.41) is 2.85. The number of anilines is 1. The van der Waals surface area contributed by atoms with Crippen molar-refractivity contribution in [3.8, 4) is 11.1 Å². The van der Waals surface area contributed by atoms with Gasteiger partial charge < -0.3 is 5.32 Å². The summed E-state index contributed by atoms with van der Waals surface area (Å²) in [6.45, 7) is 5.68. The van der Waals surface area contributed by atoms with Crippen molar-refractivity contribution >= 4 is 21.6 Å². The van der Waals surface area contributed by atoms with Crippen LogP contribution in [-0.2, 0) is 14.8 Å². The minimum atomic E-state index is -3.82. The van der Waals surface area contributed by atoms with Gasteiger partial charge in [0.1, 0.15) is 6.04 Å². The van der Waals surface area contributed by atoms with E-state index in [4.69, 9.17) is 0 Å². The lowest BCUT2D eigenvalue weighted by atomic mass is 9.99. The van der Waals surface area contributed by atoms with E-state index >= 15 is 0 Å². The Hall–Kier alpha value is -2.96. The summed E-state index contributed by atoms with van der Waals surface area (Å²) in [4.78, 5) is 13.1. The predicted molar refractivity (Wildman–Crippen MR) is 125 cm³/mol. The highest BCUT2D eigenvalue weighted by molar-refractivity contribution is 7.89. The first-order valence-electron chi connectivity index (χ1n) is 10.4. The van der Waals surface area contributed by atoms with Gasteiger partial charge >= 0.3 is 0 Å². The molecule has 3 aromatic carbocycles. The molecule has 0 bridgehead atoms. The molecule has 0 fully saturated rings. The molecule has 6 heteroatoms. The minimum absolute atomic E-state index is 0.145. The predicted octanol–water partition coefficient (Wildman–Crippen LogP) is 4.99. The highest BCUT2D eigenvalue weighted by Crippen LogP contribution is 2.22. The molecule has 0 aliphatic heterocycles. The van der Waals surface area contributed by atoms with Gasteiger partial charge in [-0.2, -0.15) is 4.72 Å². The fourth-order valence-corrected chi connectivity index (χ4v) is 4.52. The van der Waals surface area contributed by atoms with Gasteiger partial charge in [-0.05, 0) is 48.2 Å². The van der Waals surface area contributed by atoms with E-state index in [1.54, 1.807) is 24.3 Å². The van der Waals surface area contributed by atoms with E-state index in [1.165, 1.54) is 0 Å². The molecule has 0 radical (unpaired) electrons. The number of rotatable bonds is 8. The largest absolute Gasteiger partial charge is 0.325 e. The highest BCUT2D eigenvalue weighted by Gasteiger charge is 2.29. The van der Waals surface area contributed by atoms with E-state index in [0.29, 0.717) is 12.1 Å². The van der Waals surface area contributed by atoms with Gasteiger partial charge in [-0.3, -0.25) is 4.79 Å². The first kappa shape index (κ1) is 22.7. The third kappa shape index (κ3) is 5.81. The summed E-state index contributed by atoms with van der Waals surface area (Å²) in [5.74, 6) is -0.554. The topological polar surface area (TPSA) is 75.3 Å². The minimum Gasteiger partial charge on any atom is -0.325 e. The number of amides is 1. The van der Waals surface area contributed by atoms with Crippen molar-refractivity contribution in [2.45, 2.75) is 38.1 Å². The molecule has 3 rings (SSSR count). The van der Waals surface area contributed by atoms with Gasteiger partial charge in [-0.15, -0.1) is 0 Å². The molecule has 2 N–H and O–H groups in total. The van der Waals surface area contributed by atoms with Crippen LogP contribution in [0.15, 0.2) is 83.8 Å². The molecule has 2 atom stereocenters. The zero-order valence-corrected chi connectivity index (χ0v) is 18.8. The molecule has 0 heterocycles. The smallest absolute Gasteiger partial charge is 0.242 e. The highest BCUT2D eigenvalue weighted by atomic mass is 32.2. The zero-order chi connectivity index (χ0) is 22.4. The second-order valence-electron chi connectivity index (χ2n) is 7.73. The monoisotopic (exact) mass is 436 g/mol. The molecular formula is C25H28N2O3S. The number of nitrogens with one attached hydrogen (secondary N) is 2. The van der Waals surface area contributed by atoms with Crippen LogP contribution in [0, 0.1) is 12.8 Å². The standard InChI is InChI=1S/C25H28N2O3S/c1-4-19(3)24(27-31(29,30)23-16-10-18(2)11-17-23)25(28)26-22-14-12-21(13-15-22)20-8-6-5-7-9-20/h5-17,19,24,27H,4H2,1-3H3,(H,26,28)/t19-,24-/m0/s1. The third-order valence-electron chi connectivity index (χ3n) is 5.37. The lowest BCUT2D eigenvalue weighted by Gasteiger charge is -2.23. The van der Waals surface area contributed by atoms with Gasteiger partial charge in [0.05, 0.1) is 4.90 Å². The fraction of sp³-hybridized carbons (Fsp3) is 0.240. The Labute approximate surface area is 184 Å². The number of carbonyl (C=O) groups is 1. The normalized spacial score (nSPS) is 13.4. The van der Waals surface area contributed by atoms with Crippen molar-refractivity contribution in [2.24, 2.45) is 5.92 Å². The zero-order valence-electron chi connectivity index (χ0n) is 18.0. The van der Waals surface area contributed by atoms with Crippen LogP contribution in [0.2, 0.25) is 0 Å². The van der Waals surface area contributed by atoms with E-state index in [-0.39, 0.29) is 16.7 Å². The SMILES string of the molecule is CC[C@H](C)[C@H](NS(=O)(=O)c1ccc(C)cc1)C(=O)Nc1ccc(-c2ccccc2)cc1. The molecule has 31 heavy (non-hydrogen) atoms. The summed E-state index contributed by atoms with van der Waals surface area (Å²) in [6.07, 6.45) is 0.654. The Morgan fingerprint density at radius 3 is 2.03 bits per heavy atom. The molecule has 1 amide bonds. The second-order valence-corrected chi connectivity index (χ2v) is 9.44. The molecule has 0 aromatic heterocycles. The molecule has 0 spiro atoms. The number of sulfonamides is 1. The molecule has 162 valence electrons. The van der Waals surface area contributed by atoms with Crippen LogP contribution in [-0.4, -0.2) is 20.4 Å². The summed E-state index contributed by atoms with van der Waals surface area (Å²) in [6, 6.07) is 23.1. The van der Waals surface area contributed by atoms with E-state index < -0.39 is 16.1 Å². The van der Waals surface area contributed by atoms with E-state index in [1.807, 2.05) is 75.4 Å². The van der Waals surface area contributed by atoms with Crippen molar-refractivity contribution in [1.29, 1.82) is 0 Å². The Morgan fingerprint density at radius 1 is 0.871 bits per heavy atom. The van der Waals surface area contributed by atoms with Crippen molar-refractivity contribution in [3.05, 3.63) is 84.4 Å². The van der Waals surface area contributed by atoms with Gasteiger partial charge in [0.25, 0.3) is 0 Å². The third-order valence-corrected chi connectivity index (χ3v) is 6.83. The molecule has 0 saturated heterocycles. The van der Waals surface area contributed by atoms with Crippen LogP contribution in [0.25, 0.3) is 11.1 Å². The van der Waals surface area contributed by atoms with Crippen LogP contribution in [0.5, 0.6) is 0 Å². The molecule has 0 aliphatic carbocycles. The Bertz CT molecular complexity index is 1110. The Kier molecular flexibility index (Phi) is 7.25. The van der Waals surface area contributed by atoms with Crippen LogP contribution >= 0.6 is 0 Å². The van der Waals surface area contributed by atoms with Gasteiger partial charge in [-0.25, -0.2) is 8.42 Å². The summed E-state index contributed by atoms with van der Waals surface area (Å²) < 4.78 is 28.3. The van der Waals surface area contributed by atoms with E-state index in [2.05, 4.69) is 10.0 Å². The summed E-state index contributed by atoms with van der Waals surface area (Å²) in [5.41, 5.74) is 3.71. The molecular weight excluding hydrogens is 408 g/mol. The summed E-state index contributed by atoms with van der Waals surface area (Å²) >= 11 is 0. The maximum atomic E-state index is 13.0. The second kappa shape index (κ2) is 9.90. The molecule has 5 nitrogen and oxygen atoms in total. The first-order chi connectivity index (χ1) is 14.8. The summed E-state index contributed by atoms with van der Waals surface area (Å²) in [7, 11) is -3.82. The quantitative estimate of drug-likeness (QED) is 0.522. The van der Waals surface area contributed by atoms with Gasteiger partial charge in [0, 0.05) is 5.69 Å². The number of carbonyl (C=O) groups excluding carboxylic acids is 1. The average Bonchev–Trinajstić information content (AvgIpc) is 2.78. The van der Waals surface area contributed by atoms with Gasteiger partial charge in [0.15, 0.2) is 0 Å². The lowest BCUT2D eigenvalue weighted by Crippen LogP contribution is -2.47. The maximum absolute atomic E-state index is 13.0. The Balaban J connectivity index is 1.76. The number of aryl methyl sites for hydroxylation is 1. The van der Waals surface area contributed by atoms with Crippen molar-refractivity contribution < 1.29 is 13.2 Å². The van der Waals surface area contributed by atoms with Crippen molar-refractivity contribution in [3.63, 3.8) is 0 Å². The van der Waals surface area contributed by atoms with Gasteiger partial charge in [0.2, 0.25) is 15.9 Å². The van der Waals surface area contributed by atoms with Crippen LogP contribution in [0.3, 0.4) is 0 Å². The Morgan fingerprint density at radius 2 is 1.45 bits per heavy atom.